The molecule has 0 N–H and O–H groups in total. The Morgan fingerprint density at radius 2 is 2.14 bits per heavy atom. The van der Waals surface area contributed by atoms with Gasteiger partial charge < -0.3 is 4.74 Å². The maximum Gasteiger partial charge on any atom is 0.188 e. The molecule has 0 amide bonds. The minimum atomic E-state index is -0.905. The van der Waals surface area contributed by atoms with E-state index in [0.717, 1.165) is 0 Å². The van der Waals surface area contributed by atoms with E-state index in [4.69, 9.17) is 10.00 Å². The average molecular weight is 258 g/mol. The van der Waals surface area contributed by atoms with Crippen molar-refractivity contribution in [3.8, 4) is 11.8 Å². The Kier molecular flexibility index (Phi) is 3.12. The predicted octanol–water partition coefficient (Wildman–Crippen LogP) is 3.27. The minimum Gasteiger partial charge on any atom is -0.473 e. The average Bonchev–Trinajstić information content (AvgIpc) is 2.11. The number of ether oxygens (including phenoxy) is 1. The van der Waals surface area contributed by atoms with E-state index in [9.17, 15) is 4.39 Å². The number of benzene rings is 1. The van der Waals surface area contributed by atoms with Crippen molar-refractivity contribution < 1.29 is 9.13 Å². The predicted molar refractivity (Wildman–Crippen MR) is 54.4 cm³/mol. The first-order chi connectivity index (χ1) is 6.44. The maximum atomic E-state index is 12.8. The van der Waals surface area contributed by atoms with Gasteiger partial charge in [-0.05, 0) is 48.0 Å². The van der Waals surface area contributed by atoms with Crippen LogP contribution in [0.2, 0.25) is 0 Å². The number of rotatable bonds is 2. The summed E-state index contributed by atoms with van der Waals surface area (Å²) in [5, 5.41) is 8.72. The van der Waals surface area contributed by atoms with Crippen LogP contribution >= 0.6 is 15.9 Å². The Morgan fingerprint density at radius 3 is 2.64 bits per heavy atom. The molecule has 0 radical (unpaired) electrons. The molecule has 1 aromatic carbocycles. The summed E-state index contributed by atoms with van der Waals surface area (Å²) in [6, 6.07) is 6.26. The van der Waals surface area contributed by atoms with Crippen LogP contribution in [0.15, 0.2) is 22.7 Å². The molecular formula is C10H9BrFNO. The molecule has 0 saturated carbocycles. The summed E-state index contributed by atoms with van der Waals surface area (Å²) >= 11 is 3.04. The Balaban J connectivity index is 2.90. The molecule has 1 rings (SSSR count). The Bertz CT molecular complexity index is 384. The number of halogens is 2. The van der Waals surface area contributed by atoms with Gasteiger partial charge in [0, 0.05) is 0 Å². The van der Waals surface area contributed by atoms with E-state index in [1.165, 1.54) is 18.2 Å². The van der Waals surface area contributed by atoms with E-state index in [-0.39, 0.29) is 5.82 Å². The molecule has 0 saturated heterocycles. The van der Waals surface area contributed by atoms with Gasteiger partial charge in [0.15, 0.2) is 5.60 Å². The molecule has 0 aliphatic carbocycles. The minimum absolute atomic E-state index is 0.323. The van der Waals surface area contributed by atoms with E-state index in [2.05, 4.69) is 15.9 Å². The van der Waals surface area contributed by atoms with Crippen LogP contribution in [0, 0.1) is 17.1 Å². The molecule has 74 valence electrons. The van der Waals surface area contributed by atoms with Crippen molar-refractivity contribution in [2.24, 2.45) is 0 Å². The Labute approximate surface area is 90.4 Å². The van der Waals surface area contributed by atoms with E-state index in [1.807, 2.05) is 6.07 Å². The molecule has 0 bridgehead atoms. The van der Waals surface area contributed by atoms with Gasteiger partial charge in [-0.15, -0.1) is 0 Å². The van der Waals surface area contributed by atoms with Crippen LogP contribution in [0.3, 0.4) is 0 Å². The van der Waals surface area contributed by atoms with Crippen LogP contribution in [0.5, 0.6) is 5.75 Å². The topological polar surface area (TPSA) is 33.0 Å². The summed E-state index contributed by atoms with van der Waals surface area (Å²) in [4.78, 5) is 0. The lowest BCUT2D eigenvalue weighted by atomic mass is 10.2. The van der Waals surface area contributed by atoms with Crippen molar-refractivity contribution in [2.45, 2.75) is 19.4 Å². The van der Waals surface area contributed by atoms with E-state index in [0.29, 0.717) is 10.2 Å². The SMILES string of the molecule is CC(C)(C#N)Oc1ccc(F)c(Br)c1. The second-order valence-corrected chi connectivity index (χ2v) is 4.15. The fourth-order valence-electron chi connectivity index (χ4n) is 0.858. The normalized spacial score (nSPS) is 10.8. The van der Waals surface area contributed by atoms with Crippen molar-refractivity contribution in [2.75, 3.05) is 0 Å². The van der Waals surface area contributed by atoms with Gasteiger partial charge in [-0.25, -0.2) is 4.39 Å². The zero-order valence-electron chi connectivity index (χ0n) is 7.84. The van der Waals surface area contributed by atoms with Gasteiger partial charge in [-0.3, -0.25) is 0 Å². The monoisotopic (exact) mass is 257 g/mol. The number of hydrogen-bond acceptors (Lipinski definition) is 2. The van der Waals surface area contributed by atoms with Crippen molar-refractivity contribution >= 4 is 15.9 Å². The third kappa shape index (κ3) is 2.71. The number of hydrogen-bond donors (Lipinski definition) is 0. The molecule has 0 aromatic heterocycles. The fourth-order valence-corrected chi connectivity index (χ4v) is 1.22. The zero-order chi connectivity index (χ0) is 10.8. The first-order valence-corrected chi connectivity index (χ1v) is 4.79. The number of nitrogens with zero attached hydrogens (tertiary/aromatic N) is 1. The standard InChI is InChI=1S/C10H9BrFNO/c1-10(2,6-13)14-7-3-4-9(12)8(11)5-7/h3-5H,1-2H3. The molecule has 0 aliphatic heterocycles. The molecular weight excluding hydrogens is 249 g/mol. The fraction of sp³-hybridized carbons (Fsp3) is 0.300. The summed E-state index contributed by atoms with van der Waals surface area (Å²) in [5.74, 6) is 0.108. The van der Waals surface area contributed by atoms with Gasteiger partial charge in [0.1, 0.15) is 17.6 Å². The Hall–Kier alpha value is -1.08. The third-order valence-electron chi connectivity index (χ3n) is 1.53. The van der Waals surface area contributed by atoms with Gasteiger partial charge in [-0.1, -0.05) is 0 Å². The summed E-state index contributed by atoms with van der Waals surface area (Å²) in [6.07, 6.45) is 0. The van der Waals surface area contributed by atoms with E-state index in [1.54, 1.807) is 13.8 Å². The van der Waals surface area contributed by atoms with Crippen LogP contribution in [-0.2, 0) is 0 Å². The highest BCUT2D eigenvalue weighted by atomic mass is 79.9. The van der Waals surface area contributed by atoms with Crippen LogP contribution in [0.1, 0.15) is 13.8 Å². The molecule has 0 spiro atoms. The first-order valence-electron chi connectivity index (χ1n) is 4.00. The highest BCUT2D eigenvalue weighted by molar-refractivity contribution is 9.10. The van der Waals surface area contributed by atoms with Crippen molar-refractivity contribution in [1.82, 2.24) is 0 Å². The van der Waals surface area contributed by atoms with Gasteiger partial charge >= 0.3 is 0 Å². The molecule has 2 nitrogen and oxygen atoms in total. The summed E-state index contributed by atoms with van der Waals surface area (Å²) in [6.45, 7) is 3.29. The third-order valence-corrected chi connectivity index (χ3v) is 2.14. The lowest BCUT2D eigenvalue weighted by Gasteiger charge is -2.18. The summed E-state index contributed by atoms with van der Waals surface area (Å²) in [5.41, 5.74) is -0.905. The van der Waals surface area contributed by atoms with Gasteiger partial charge in [-0.2, -0.15) is 5.26 Å². The van der Waals surface area contributed by atoms with Crippen molar-refractivity contribution in [3.05, 3.63) is 28.5 Å². The first kappa shape index (κ1) is 11.0. The molecule has 4 heteroatoms. The molecule has 14 heavy (non-hydrogen) atoms. The van der Waals surface area contributed by atoms with Crippen molar-refractivity contribution in [1.29, 1.82) is 5.26 Å². The van der Waals surface area contributed by atoms with Crippen LogP contribution in [-0.4, -0.2) is 5.60 Å². The zero-order valence-corrected chi connectivity index (χ0v) is 9.43. The second-order valence-electron chi connectivity index (χ2n) is 3.30. The van der Waals surface area contributed by atoms with Gasteiger partial charge in [0.25, 0.3) is 0 Å². The van der Waals surface area contributed by atoms with Crippen LogP contribution < -0.4 is 4.74 Å². The Morgan fingerprint density at radius 1 is 1.50 bits per heavy atom. The highest BCUT2D eigenvalue weighted by Gasteiger charge is 2.18. The molecule has 0 unspecified atom stereocenters. The molecule has 0 fully saturated rings. The van der Waals surface area contributed by atoms with Gasteiger partial charge in [0.05, 0.1) is 4.47 Å². The molecule has 0 heterocycles. The smallest absolute Gasteiger partial charge is 0.188 e. The molecule has 1 aromatic rings. The number of nitriles is 1. The lowest BCUT2D eigenvalue weighted by molar-refractivity contribution is 0.169. The lowest BCUT2D eigenvalue weighted by Crippen LogP contribution is -2.25. The highest BCUT2D eigenvalue weighted by Crippen LogP contribution is 2.24. The molecule has 0 atom stereocenters. The van der Waals surface area contributed by atoms with Crippen LogP contribution in [0.25, 0.3) is 0 Å². The molecule has 0 aliphatic rings. The quantitative estimate of drug-likeness (QED) is 0.815. The summed E-state index contributed by atoms with van der Waals surface area (Å²) in [7, 11) is 0. The second kappa shape index (κ2) is 3.97. The maximum absolute atomic E-state index is 12.8. The van der Waals surface area contributed by atoms with Gasteiger partial charge in [0.2, 0.25) is 0 Å². The van der Waals surface area contributed by atoms with Crippen LogP contribution in [0.4, 0.5) is 4.39 Å². The summed E-state index contributed by atoms with van der Waals surface area (Å²) < 4.78 is 18.5. The largest absolute Gasteiger partial charge is 0.473 e. The van der Waals surface area contributed by atoms with E-state index >= 15 is 0 Å². The van der Waals surface area contributed by atoms with E-state index < -0.39 is 5.60 Å². The van der Waals surface area contributed by atoms with Crippen molar-refractivity contribution in [3.63, 3.8) is 0 Å².